The molecule has 0 amide bonds. The predicted molar refractivity (Wildman–Crippen MR) is 102 cm³/mol. The Morgan fingerprint density at radius 3 is 2.23 bits per heavy atom. The molecule has 0 heterocycles. The van der Waals surface area contributed by atoms with Crippen molar-refractivity contribution < 1.29 is 37.0 Å². The van der Waals surface area contributed by atoms with E-state index in [4.69, 9.17) is 4.74 Å². The maximum Gasteiger partial charge on any atom is 0.573 e. The number of carbonyl (C=O) groups excluding carboxylic acids is 2. The number of aldehydes is 1. The first-order chi connectivity index (χ1) is 14.3. The van der Waals surface area contributed by atoms with Crippen molar-refractivity contribution in [1.82, 2.24) is 0 Å². The normalized spacial score (nSPS) is 16.2. The van der Waals surface area contributed by atoms with Crippen molar-refractivity contribution in [2.75, 3.05) is 7.11 Å². The van der Waals surface area contributed by atoms with Gasteiger partial charge < -0.3 is 14.2 Å². The molecule has 0 saturated carbocycles. The Bertz CT molecular complexity index is 973. The number of rotatable bonds is 6. The first-order valence-electron chi connectivity index (χ1n) is 8.87. The second kappa shape index (κ2) is 8.86. The van der Waals surface area contributed by atoms with Crippen molar-refractivity contribution in [2.24, 2.45) is 0 Å². The number of halogens is 3. The fourth-order valence-electron chi connectivity index (χ4n) is 2.93. The van der Waals surface area contributed by atoms with Gasteiger partial charge in [0.15, 0.2) is 0 Å². The van der Waals surface area contributed by atoms with Crippen LogP contribution in [0.3, 0.4) is 0 Å². The van der Waals surface area contributed by atoms with Crippen LogP contribution in [0, 0.1) is 0 Å². The number of hydrogen-bond donors (Lipinski definition) is 0. The van der Waals surface area contributed by atoms with Crippen LogP contribution in [0.15, 0.2) is 66.3 Å². The summed E-state index contributed by atoms with van der Waals surface area (Å²) in [6.45, 7) is 0. The van der Waals surface area contributed by atoms with Crippen molar-refractivity contribution in [3.05, 3.63) is 77.4 Å². The fraction of sp³-hybridized carbons (Fsp3) is 0.182. The summed E-state index contributed by atoms with van der Waals surface area (Å²) in [6.07, 6.45) is -0.747. The molecule has 1 unspecified atom stereocenters. The first kappa shape index (κ1) is 21.2. The van der Waals surface area contributed by atoms with E-state index in [1.165, 1.54) is 31.4 Å². The topological polar surface area (TPSA) is 61.8 Å². The van der Waals surface area contributed by atoms with Gasteiger partial charge in [0, 0.05) is 12.0 Å². The van der Waals surface area contributed by atoms with Crippen LogP contribution in [0.4, 0.5) is 13.2 Å². The molecule has 3 rings (SSSR count). The Kier molecular flexibility index (Phi) is 6.25. The zero-order valence-corrected chi connectivity index (χ0v) is 15.8. The summed E-state index contributed by atoms with van der Waals surface area (Å²) in [5, 5.41) is 0. The van der Waals surface area contributed by atoms with E-state index < -0.39 is 18.4 Å². The second-order valence-corrected chi connectivity index (χ2v) is 6.35. The van der Waals surface area contributed by atoms with Crippen LogP contribution in [0.2, 0.25) is 0 Å². The zero-order valence-electron chi connectivity index (χ0n) is 15.8. The van der Waals surface area contributed by atoms with Gasteiger partial charge in [-0.05, 0) is 53.6 Å². The third-order valence-corrected chi connectivity index (χ3v) is 4.36. The minimum Gasteiger partial charge on any atom is -0.485 e. The summed E-state index contributed by atoms with van der Waals surface area (Å²) < 4.78 is 51.2. The van der Waals surface area contributed by atoms with Crippen LogP contribution < -0.4 is 9.47 Å². The number of alkyl halides is 3. The molecule has 0 bridgehead atoms. The lowest BCUT2D eigenvalue weighted by molar-refractivity contribution is -0.274. The summed E-state index contributed by atoms with van der Waals surface area (Å²) in [4.78, 5) is 23.0. The maximum absolute atomic E-state index is 12.3. The van der Waals surface area contributed by atoms with Crippen molar-refractivity contribution in [3.8, 4) is 11.5 Å². The lowest BCUT2D eigenvalue weighted by Gasteiger charge is -2.22. The highest BCUT2D eigenvalue weighted by Gasteiger charge is 2.31. The van der Waals surface area contributed by atoms with Crippen molar-refractivity contribution in [3.63, 3.8) is 0 Å². The molecule has 0 radical (unpaired) electrons. The van der Waals surface area contributed by atoms with E-state index in [-0.39, 0.29) is 5.75 Å². The quantitative estimate of drug-likeness (QED) is 0.501. The molecular formula is C22H17F3O5. The molecule has 8 heteroatoms. The van der Waals surface area contributed by atoms with Gasteiger partial charge in [0.25, 0.3) is 0 Å². The molecule has 0 saturated heterocycles. The number of allylic oxidation sites excluding steroid dienone is 2. The number of hydrogen-bond acceptors (Lipinski definition) is 5. The van der Waals surface area contributed by atoms with Crippen LogP contribution >= 0.6 is 0 Å². The van der Waals surface area contributed by atoms with Crippen molar-refractivity contribution in [2.45, 2.75) is 18.9 Å². The van der Waals surface area contributed by atoms with E-state index in [9.17, 15) is 22.8 Å². The molecule has 156 valence electrons. The molecule has 1 aliphatic carbocycles. The molecule has 0 aromatic heterocycles. The lowest BCUT2D eigenvalue weighted by Crippen LogP contribution is -2.22. The third-order valence-electron chi connectivity index (χ3n) is 4.36. The fourth-order valence-corrected chi connectivity index (χ4v) is 2.93. The van der Waals surface area contributed by atoms with Gasteiger partial charge in [-0.3, -0.25) is 4.79 Å². The first-order valence-corrected chi connectivity index (χ1v) is 8.87. The average molecular weight is 418 g/mol. The largest absolute Gasteiger partial charge is 0.573 e. The standard InChI is InChI=1S/C22H17F3O5/c1-28-21(27)15-4-7-18(8-5-15)29-20-11-6-16(12-17(20)13-26)14-2-9-19(10-3-14)30-22(23,24)25/h2-10,12-13,20H,11H2,1H3. The van der Waals surface area contributed by atoms with E-state index in [0.717, 1.165) is 0 Å². The van der Waals surface area contributed by atoms with Crippen molar-refractivity contribution >= 4 is 17.8 Å². The number of methoxy groups -OCH3 is 1. The number of ether oxygens (including phenoxy) is 3. The highest BCUT2D eigenvalue weighted by molar-refractivity contribution is 5.89. The number of carbonyl (C=O) groups is 2. The molecule has 0 spiro atoms. The highest BCUT2D eigenvalue weighted by Crippen LogP contribution is 2.30. The van der Waals surface area contributed by atoms with Crippen LogP contribution in [0.25, 0.3) is 5.57 Å². The van der Waals surface area contributed by atoms with E-state index in [1.54, 1.807) is 30.3 Å². The molecule has 0 fully saturated rings. The van der Waals surface area contributed by atoms with Crippen molar-refractivity contribution in [1.29, 1.82) is 0 Å². The molecule has 0 N–H and O–H groups in total. The number of esters is 1. The SMILES string of the molecule is COC(=O)c1ccc(OC2CC=C(c3ccc(OC(F)(F)F)cc3)C=C2C=O)cc1. The lowest BCUT2D eigenvalue weighted by atomic mass is 9.93. The van der Waals surface area contributed by atoms with Gasteiger partial charge in [0.05, 0.1) is 12.7 Å². The summed E-state index contributed by atoms with van der Waals surface area (Å²) in [5.74, 6) is -0.309. The van der Waals surface area contributed by atoms with Crippen LogP contribution in [-0.4, -0.2) is 31.8 Å². The molecule has 5 nitrogen and oxygen atoms in total. The predicted octanol–water partition coefficient (Wildman–Crippen LogP) is 4.73. The van der Waals surface area contributed by atoms with Gasteiger partial charge in [-0.1, -0.05) is 18.2 Å². The molecule has 0 aliphatic heterocycles. The molecule has 2 aromatic rings. The van der Waals surface area contributed by atoms with Gasteiger partial charge in [0.1, 0.15) is 23.9 Å². The van der Waals surface area contributed by atoms with E-state index in [2.05, 4.69) is 9.47 Å². The molecule has 1 atom stereocenters. The molecule has 2 aromatic carbocycles. The van der Waals surface area contributed by atoms with Gasteiger partial charge in [0.2, 0.25) is 0 Å². The Hall–Kier alpha value is -3.55. The molecule has 1 aliphatic rings. The van der Waals surface area contributed by atoms with Crippen LogP contribution in [0.5, 0.6) is 11.5 Å². The van der Waals surface area contributed by atoms with Gasteiger partial charge in [-0.2, -0.15) is 0 Å². The monoisotopic (exact) mass is 418 g/mol. The molecular weight excluding hydrogens is 401 g/mol. The smallest absolute Gasteiger partial charge is 0.485 e. The summed E-state index contributed by atoms with van der Waals surface area (Å²) in [7, 11) is 1.29. The Morgan fingerprint density at radius 1 is 1.03 bits per heavy atom. The average Bonchev–Trinajstić information content (AvgIpc) is 2.73. The third kappa shape index (κ3) is 5.28. The molecule has 30 heavy (non-hydrogen) atoms. The maximum atomic E-state index is 12.3. The summed E-state index contributed by atoms with van der Waals surface area (Å²) in [5.41, 5.74) is 2.10. The zero-order chi connectivity index (χ0) is 21.7. The Labute approximate surface area is 170 Å². The van der Waals surface area contributed by atoms with E-state index >= 15 is 0 Å². The van der Waals surface area contributed by atoms with Gasteiger partial charge in [-0.25, -0.2) is 4.79 Å². The minimum atomic E-state index is -4.75. The highest BCUT2D eigenvalue weighted by atomic mass is 19.4. The Balaban J connectivity index is 1.70. The summed E-state index contributed by atoms with van der Waals surface area (Å²) >= 11 is 0. The number of benzene rings is 2. The Morgan fingerprint density at radius 2 is 1.67 bits per heavy atom. The minimum absolute atomic E-state index is 0.320. The van der Waals surface area contributed by atoms with E-state index in [1.807, 2.05) is 6.08 Å². The van der Waals surface area contributed by atoms with E-state index in [0.29, 0.717) is 40.7 Å². The second-order valence-electron chi connectivity index (χ2n) is 6.35. The summed E-state index contributed by atoms with van der Waals surface area (Å²) in [6, 6.07) is 11.7. The van der Waals surface area contributed by atoms with Crippen LogP contribution in [0.1, 0.15) is 22.3 Å². The van der Waals surface area contributed by atoms with Gasteiger partial charge in [-0.15, -0.1) is 13.2 Å². The van der Waals surface area contributed by atoms with Gasteiger partial charge >= 0.3 is 12.3 Å². The van der Waals surface area contributed by atoms with Crippen LogP contribution in [-0.2, 0) is 9.53 Å².